The molecule has 0 spiro atoms. The fourth-order valence-corrected chi connectivity index (χ4v) is 2.52. The van der Waals surface area contributed by atoms with Gasteiger partial charge in [-0.2, -0.15) is 0 Å². The molecule has 74 valence electrons. The molecule has 0 fully saturated rings. The molecule has 0 aliphatic rings. The number of fused-ring (bicyclic) bond motifs is 1. The fourth-order valence-electron chi connectivity index (χ4n) is 1.09. The summed E-state index contributed by atoms with van der Waals surface area (Å²) in [5.74, 6) is -2.06. The Balaban J connectivity index is 2.86. The summed E-state index contributed by atoms with van der Waals surface area (Å²) in [4.78, 5) is 3.75. The van der Waals surface area contributed by atoms with Gasteiger partial charge < -0.3 is 0 Å². The number of nitrogens with zero attached hydrogens (tertiary/aromatic N) is 2. The van der Waals surface area contributed by atoms with E-state index in [0.29, 0.717) is 5.65 Å². The van der Waals surface area contributed by atoms with Crippen LogP contribution >= 0.6 is 41.9 Å². The van der Waals surface area contributed by atoms with E-state index in [-0.39, 0.29) is 5.39 Å². The van der Waals surface area contributed by atoms with E-state index < -0.39 is 16.8 Å². The van der Waals surface area contributed by atoms with Gasteiger partial charge in [-0.15, -0.1) is 0 Å². The maximum absolute atomic E-state index is 13.3. The summed E-state index contributed by atoms with van der Waals surface area (Å²) in [5, 5.41) is -0.309. The van der Waals surface area contributed by atoms with Crippen molar-refractivity contribution in [1.29, 1.82) is 0 Å². The highest BCUT2D eigenvalue weighted by Gasteiger charge is 2.16. The van der Waals surface area contributed by atoms with Crippen molar-refractivity contribution in [2.45, 2.75) is 0 Å². The largest absolute Gasteiger partial charge is 0.266 e. The lowest BCUT2D eigenvalue weighted by Crippen LogP contribution is -1.92. The van der Waals surface area contributed by atoms with Gasteiger partial charge in [-0.05, 0) is 6.07 Å². The van der Waals surface area contributed by atoms with Crippen LogP contribution in [0.15, 0.2) is 12.3 Å². The first-order chi connectivity index (χ1) is 6.65. The summed E-state index contributed by atoms with van der Waals surface area (Å²) in [5.41, 5.74) is 0.327. The van der Waals surface area contributed by atoms with Crippen molar-refractivity contribution >= 4 is 53.0 Å². The van der Waals surface area contributed by atoms with Crippen LogP contribution in [0.25, 0.3) is 11.0 Å². The summed E-state index contributed by atoms with van der Waals surface area (Å²) in [7, 11) is 1.30. The highest BCUT2D eigenvalue weighted by atomic mass is 127. The number of aromatic nitrogens is 2. The van der Waals surface area contributed by atoms with Crippen LogP contribution < -0.4 is 0 Å². The molecule has 0 saturated carbocycles. The molecule has 0 aliphatic heterocycles. The second kappa shape index (κ2) is 3.82. The van der Waals surface area contributed by atoms with Crippen LogP contribution in [0.1, 0.15) is 0 Å². The minimum absolute atomic E-state index is 0.135. The quantitative estimate of drug-likeness (QED) is 0.577. The number of pyridine rings is 1. The minimum atomic E-state index is -1.10. The highest BCUT2D eigenvalue weighted by molar-refractivity contribution is 14.2. The number of halogens is 4. The van der Waals surface area contributed by atoms with Crippen LogP contribution in [0.2, 0.25) is 5.15 Å². The predicted molar refractivity (Wildman–Crippen MR) is 61.7 cm³/mol. The highest BCUT2D eigenvalue weighted by Crippen LogP contribution is 2.28. The molecule has 2 aromatic heterocycles. The van der Waals surface area contributed by atoms with Crippen LogP contribution in [0.5, 0.6) is 0 Å². The molecule has 0 saturated heterocycles. The van der Waals surface area contributed by atoms with E-state index in [1.165, 1.54) is 15.2 Å². The van der Waals surface area contributed by atoms with Gasteiger partial charge in [0.1, 0.15) is 0 Å². The second-order valence-electron chi connectivity index (χ2n) is 2.48. The summed E-state index contributed by atoms with van der Waals surface area (Å²) in [6.07, 6.45) is 1.60. The van der Waals surface area contributed by atoms with Gasteiger partial charge in [-0.3, -0.25) is 3.97 Å². The summed E-state index contributed by atoms with van der Waals surface area (Å²) in [6, 6.07) is 1.46. The lowest BCUT2D eigenvalue weighted by Gasteiger charge is -2.00. The molecule has 14 heavy (non-hydrogen) atoms. The molecule has 2 aromatic rings. The zero-order valence-electron chi connectivity index (χ0n) is 6.47. The van der Waals surface area contributed by atoms with Gasteiger partial charge >= 0.3 is 0 Å². The first kappa shape index (κ1) is 10.4. The second-order valence-corrected chi connectivity index (χ2v) is 4.55. The number of rotatable bonds is 1. The molecular weight excluding hydrogens is 345 g/mol. The Morgan fingerprint density at radius 1 is 1.43 bits per heavy atom. The lowest BCUT2D eigenvalue weighted by molar-refractivity contribution is 0.513. The first-order valence-corrected chi connectivity index (χ1v) is 7.15. The molecule has 2 heterocycles. The molecule has 0 N–H and O–H groups in total. The standard InChI is InChI=1S/C7H2ClF2IN2S/c8-6-5(10)4(9)3-1-2-13(14-11)7(3)12-6/h1-2H. The van der Waals surface area contributed by atoms with Crippen molar-refractivity contribution in [3.8, 4) is 0 Å². The first-order valence-electron chi connectivity index (χ1n) is 3.45. The molecule has 0 unspecified atom stereocenters. The van der Waals surface area contributed by atoms with Gasteiger partial charge in [-0.1, -0.05) is 11.6 Å². The van der Waals surface area contributed by atoms with Crippen molar-refractivity contribution in [3.05, 3.63) is 29.1 Å². The van der Waals surface area contributed by atoms with E-state index in [9.17, 15) is 8.78 Å². The summed E-state index contributed by atoms with van der Waals surface area (Å²) < 4.78 is 27.9. The Labute approximate surface area is 99.4 Å². The normalized spacial score (nSPS) is 11.1. The molecule has 0 atom stereocenters. The van der Waals surface area contributed by atoms with Crippen molar-refractivity contribution in [2.24, 2.45) is 0 Å². The van der Waals surface area contributed by atoms with E-state index in [2.05, 4.69) is 4.98 Å². The van der Waals surface area contributed by atoms with E-state index in [1.54, 1.807) is 10.2 Å². The Bertz CT molecular complexity index is 502. The maximum Gasteiger partial charge on any atom is 0.196 e. The molecule has 0 radical (unpaired) electrons. The molecule has 7 heteroatoms. The molecular formula is C7H2ClF2IN2S. The number of hydrogen-bond acceptors (Lipinski definition) is 2. The van der Waals surface area contributed by atoms with E-state index in [1.807, 2.05) is 21.2 Å². The van der Waals surface area contributed by atoms with Crippen molar-refractivity contribution in [2.75, 3.05) is 0 Å². The number of hydrogen-bond donors (Lipinski definition) is 0. The monoisotopic (exact) mass is 346 g/mol. The molecule has 0 aliphatic carbocycles. The van der Waals surface area contributed by atoms with Crippen LogP contribution in [0.3, 0.4) is 0 Å². The molecule has 2 rings (SSSR count). The molecule has 0 aromatic carbocycles. The van der Waals surface area contributed by atoms with Gasteiger partial charge in [0.05, 0.1) is 5.39 Å². The molecule has 0 bridgehead atoms. The lowest BCUT2D eigenvalue weighted by atomic mass is 10.3. The molecule has 0 amide bonds. The SMILES string of the molecule is Fc1c(Cl)nc2c(ccn2SI)c1F. The van der Waals surface area contributed by atoms with Gasteiger partial charge in [0.2, 0.25) is 0 Å². The summed E-state index contributed by atoms with van der Waals surface area (Å²) >= 11 is 7.44. The van der Waals surface area contributed by atoms with Crippen LogP contribution in [-0.4, -0.2) is 8.96 Å². The average molecular weight is 347 g/mol. The van der Waals surface area contributed by atoms with Gasteiger partial charge in [0.15, 0.2) is 22.4 Å². The van der Waals surface area contributed by atoms with Crippen molar-refractivity contribution in [3.63, 3.8) is 0 Å². The third kappa shape index (κ3) is 1.49. The zero-order chi connectivity index (χ0) is 10.3. The third-order valence-corrected chi connectivity index (χ3v) is 3.68. The van der Waals surface area contributed by atoms with E-state index >= 15 is 0 Å². The van der Waals surface area contributed by atoms with E-state index in [0.717, 1.165) is 0 Å². The van der Waals surface area contributed by atoms with E-state index in [4.69, 9.17) is 11.6 Å². The smallest absolute Gasteiger partial charge is 0.196 e. The Kier molecular flexibility index (Phi) is 2.85. The fraction of sp³-hybridized carbons (Fsp3) is 0. The van der Waals surface area contributed by atoms with Crippen LogP contribution in [0, 0.1) is 11.6 Å². The van der Waals surface area contributed by atoms with Gasteiger partial charge in [-0.25, -0.2) is 13.8 Å². The minimum Gasteiger partial charge on any atom is -0.266 e. The predicted octanol–water partition coefficient (Wildman–Crippen LogP) is 3.81. The Morgan fingerprint density at radius 3 is 2.79 bits per heavy atom. The maximum atomic E-state index is 13.3. The van der Waals surface area contributed by atoms with Gasteiger partial charge in [0, 0.05) is 36.5 Å². The van der Waals surface area contributed by atoms with Crippen LogP contribution in [-0.2, 0) is 0 Å². The zero-order valence-corrected chi connectivity index (χ0v) is 10.2. The van der Waals surface area contributed by atoms with Crippen molar-refractivity contribution < 1.29 is 8.78 Å². The Morgan fingerprint density at radius 2 is 2.14 bits per heavy atom. The average Bonchev–Trinajstić information content (AvgIpc) is 2.57. The van der Waals surface area contributed by atoms with Gasteiger partial charge in [0.25, 0.3) is 0 Å². The topological polar surface area (TPSA) is 17.8 Å². The van der Waals surface area contributed by atoms with Crippen LogP contribution in [0.4, 0.5) is 8.78 Å². The summed E-state index contributed by atoms with van der Waals surface area (Å²) in [6.45, 7) is 0. The molecule has 2 nitrogen and oxygen atoms in total. The third-order valence-electron chi connectivity index (χ3n) is 1.71. The Hall–Kier alpha value is -0.0800. The van der Waals surface area contributed by atoms with Crippen molar-refractivity contribution in [1.82, 2.24) is 8.96 Å².